The van der Waals surface area contributed by atoms with Gasteiger partial charge < -0.3 is 4.90 Å². The second-order valence-electron chi connectivity index (χ2n) is 11.2. The van der Waals surface area contributed by atoms with E-state index in [9.17, 15) is 0 Å². The fourth-order valence-electron chi connectivity index (χ4n) is 6.42. The molecular formula is C31H43F2N. The molecule has 0 heterocycles. The van der Waals surface area contributed by atoms with Gasteiger partial charge in [-0.15, -0.1) is 0 Å². The Morgan fingerprint density at radius 1 is 0.765 bits per heavy atom. The molecule has 4 rings (SSSR count). The van der Waals surface area contributed by atoms with Crippen LogP contribution in [-0.4, -0.2) is 25.0 Å². The Kier molecular flexibility index (Phi) is 8.80. The van der Waals surface area contributed by atoms with Crippen LogP contribution in [0.25, 0.3) is 11.1 Å². The summed E-state index contributed by atoms with van der Waals surface area (Å²) >= 11 is 0. The van der Waals surface area contributed by atoms with E-state index in [-0.39, 0.29) is 17.6 Å². The van der Waals surface area contributed by atoms with E-state index >= 15 is 8.78 Å². The van der Waals surface area contributed by atoms with Gasteiger partial charge in [-0.2, -0.15) is 0 Å². The van der Waals surface area contributed by atoms with E-state index < -0.39 is 0 Å². The van der Waals surface area contributed by atoms with Gasteiger partial charge in [-0.3, -0.25) is 0 Å². The van der Waals surface area contributed by atoms with Crippen molar-refractivity contribution in [3.63, 3.8) is 0 Å². The Hall–Kier alpha value is -1.74. The minimum Gasteiger partial charge on any atom is -0.306 e. The Morgan fingerprint density at radius 2 is 1.47 bits per heavy atom. The maximum atomic E-state index is 15.2. The lowest BCUT2D eigenvalue weighted by Crippen LogP contribution is -2.31. The SMILES string of the molecule is CCCCCC1CCC(c2ccc(-c3ccc(C4CCC(N(C)C)CC4)c(F)c3)c(F)c2)CC1. The number of hydrogen-bond donors (Lipinski definition) is 0. The van der Waals surface area contributed by atoms with Crippen molar-refractivity contribution in [3.05, 3.63) is 59.2 Å². The first-order valence-electron chi connectivity index (χ1n) is 13.7. The molecule has 2 fully saturated rings. The molecule has 186 valence electrons. The van der Waals surface area contributed by atoms with Crippen molar-refractivity contribution in [1.29, 1.82) is 0 Å². The number of hydrogen-bond acceptors (Lipinski definition) is 1. The van der Waals surface area contributed by atoms with Crippen LogP contribution in [0.1, 0.15) is 107 Å². The molecule has 0 radical (unpaired) electrons. The fourth-order valence-corrected chi connectivity index (χ4v) is 6.42. The van der Waals surface area contributed by atoms with E-state index in [0.717, 1.165) is 55.6 Å². The maximum Gasteiger partial charge on any atom is 0.131 e. The molecule has 0 N–H and O–H groups in total. The van der Waals surface area contributed by atoms with E-state index in [1.165, 1.54) is 38.5 Å². The number of unbranched alkanes of at least 4 members (excludes halogenated alkanes) is 2. The molecule has 0 atom stereocenters. The number of rotatable bonds is 8. The molecule has 34 heavy (non-hydrogen) atoms. The molecule has 3 heteroatoms. The molecule has 0 amide bonds. The summed E-state index contributed by atoms with van der Waals surface area (Å²) < 4.78 is 30.2. The van der Waals surface area contributed by atoms with Gasteiger partial charge in [0, 0.05) is 11.6 Å². The highest BCUT2D eigenvalue weighted by atomic mass is 19.1. The summed E-state index contributed by atoms with van der Waals surface area (Å²) in [6.45, 7) is 2.26. The van der Waals surface area contributed by atoms with Gasteiger partial charge in [-0.1, -0.05) is 56.9 Å². The lowest BCUT2D eigenvalue weighted by atomic mass is 9.77. The van der Waals surface area contributed by atoms with Gasteiger partial charge in [-0.05, 0) is 112 Å². The van der Waals surface area contributed by atoms with Gasteiger partial charge in [-0.25, -0.2) is 8.78 Å². The second kappa shape index (κ2) is 11.8. The lowest BCUT2D eigenvalue weighted by molar-refractivity contribution is 0.215. The van der Waals surface area contributed by atoms with Gasteiger partial charge in [0.05, 0.1) is 0 Å². The quantitative estimate of drug-likeness (QED) is 0.350. The topological polar surface area (TPSA) is 3.24 Å². The minimum absolute atomic E-state index is 0.185. The predicted octanol–water partition coefficient (Wildman–Crippen LogP) is 9.07. The van der Waals surface area contributed by atoms with Gasteiger partial charge in [0.25, 0.3) is 0 Å². The standard InChI is InChI=1S/C31H43F2N/c1-4-5-6-7-22-8-10-23(11-9-22)25-14-18-29(30(32)20-25)26-15-19-28(31(33)21-26)24-12-16-27(17-13-24)34(2)3/h14-15,18-24,27H,4-13,16-17H2,1-3H3. The van der Waals surface area contributed by atoms with Gasteiger partial charge in [0.1, 0.15) is 11.6 Å². The molecule has 2 aliphatic carbocycles. The molecular weight excluding hydrogens is 424 g/mol. The van der Waals surface area contributed by atoms with Crippen molar-refractivity contribution in [2.75, 3.05) is 14.1 Å². The van der Waals surface area contributed by atoms with Crippen molar-refractivity contribution >= 4 is 0 Å². The molecule has 2 aliphatic rings. The Balaban J connectivity index is 1.39. The first-order chi connectivity index (χ1) is 16.5. The third-order valence-electron chi connectivity index (χ3n) is 8.71. The number of halogens is 2. The van der Waals surface area contributed by atoms with Crippen LogP contribution in [-0.2, 0) is 0 Å². The van der Waals surface area contributed by atoms with E-state index in [1.807, 2.05) is 18.2 Å². The molecule has 2 aromatic carbocycles. The summed E-state index contributed by atoms with van der Waals surface area (Å²) in [7, 11) is 4.25. The smallest absolute Gasteiger partial charge is 0.131 e. The Morgan fingerprint density at radius 3 is 2.09 bits per heavy atom. The zero-order valence-corrected chi connectivity index (χ0v) is 21.5. The zero-order valence-electron chi connectivity index (χ0n) is 21.5. The van der Waals surface area contributed by atoms with Crippen LogP contribution in [0.15, 0.2) is 36.4 Å². The highest BCUT2D eigenvalue weighted by molar-refractivity contribution is 5.65. The highest BCUT2D eigenvalue weighted by Crippen LogP contribution is 2.40. The first kappa shape index (κ1) is 25.4. The van der Waals surface area contributed by atoms with Crippen LogP contribution in [0.4, 0.5) is 8.78 Å². The van der Waals surface area contributed by atoms with Crippen molar-refractivity contribution in [2.24, 2.45) is 5.92 Å². The van der Waals surface area contributed by atoms with Crippen LogP contribution in [0.5, 0.6) is 0 Å². The average molecular weight is 468 g/mol. The summed E-state index contributed by atoms with van der Waals surface area (Å²) in [5.74, 6) is 1.18. The molecule has 2 saturated carbocycles. The van der Waals surface area contributed by atoms with Crippen LogP contribution in [0.3, 0.4) is 0 Å². The van der Waals surface area contributed by atoms with E-state index in [0.29, 0.717) is 23.1 Å². The summed E-state index contributed by atoms with van der Waals surface area (Å²) in [5.41, 5.74) is 3.07. The second-order valence-corrected chi connectivity index (χ2v) is 11.2. The first-order valence-corrected chi connectivity index (χ1v) is 13.7. The van der Waals surface area contributed by atoms with Crippen LogP contribution < -0.4 is 0 Å². The average Bonchev–Trinajstić information content (AvgIpc) is 2.84. The molecule has 0 unspecified atom stereocenters. The monoisotopic (exact) mass is 467 g/mol. The zero-order chi connectivity index (χ0) is 24.1. The maximum absolute atomic E-state index is 15.2. The van der Waals surface area contributed by atoms with Crippen molar-refractivity contribution in [2.45, 2.75) is 102 Å². The summed E-state index contributed by atoms with van der Waals surface area (Å²) in [6, 6.07) is 11.6. The number of benzene rings is 2. The van der Waals surface area contributed by atoms with Crippen molar-refractivity contribution < 1.29 is 8.78 Å². The van der Waals surface area contributed by atoms with E-state index in [4.69, 9.17) is 0 Å². The normalized spacial score (nSPS) is 25.6. The Labute approximate surface area is 206 Å². The molecule has 0 spiro atoms. The van der Waals surface area contributed by atoms with Crippen LogP contribution in [0.2, 0.25) is 0 Å². The van der Waals surface area contributed by atoms with Crippen molar-refractivity contribution in [3.8, 4) is 11.1 Å². The number of nitrogens with zero attached hydrogens (tertiary/aromatic N) is 1. The van der Waals surface area contributed by atoms with Crippen molar-refractivity contribution in [1.82, 2.24) is 4.90 Å². The van der Waals surface area contributed by atoms with Crippen LogP contribution in [0, 0.1) is 17.6 Å². The highest BCUT2D eigenvalue weighted by Gasteiger charge is 2.26. The van der Waals surface area contributed by atoms with E-state index in [1.54, 1.807) is 12.1 Å². The molecule has 0 bridgehead atoms. The van der Waals surface area contributed by atoms with Crippen LogP contribution >= 0.6 is 0 Å². The summed E-state index contributed by atoms with van der Waals surface area (Å²) in [5, 5.41) is 0. The fraction of sp³-hybridized carbons (Fsp3) is 0.613. The largest absolute Gasteiger partial charge is 0.306 e. The molecule has 2 aromatic rings. The molecule has 0 aromatic heterocycles. The summed E-state index contributed by atoms with van der Waals surface area (Å²) in [6.07, 6.45) is 14.4. The molecule has 0 saturated heterocycles. The van der Waals surface area contributed by atoms with Gasteiger partial charge in [0.2, 0.25) is 0 Å². The lowest BCUT2D eigenvalue weighted by Gasteiger charge is -2.33. The van der Waals surface area contributed by atoms with Gasteiger partial charge >= 0.3 is 0 Å². The minimum atomic E-state index is -0.221. The van der Waals surface area contributed by atoms with Gasteiger partial charge in [0.15, 0.2) is 0 Å². The predicted molar refractivity (Wildman–Crippen MR) is 139 cm³/mol. The third kappa shape index (κ3) is 6.08. The molecule has 0 aliphatic heterocycles. The Bertz CT molecular complexity index is 921. The third-order valence-corrected chi connectivity index (χ3v) is 8.71. The van der Waals surface area contributed by atoms with E-state index in [2.05, 4.69) is 32.0 Å². The summed E-state index contributed by atoms with van der Waals surface area (Å²) in [4.78, 5) is 2.28. The molecule has 1 nitrogen and oxygen atoms in total.